The summed E-state index contributed by atoms with van der Waals surface area (Å²) in [6.07, 6.45) is 2.61. The van der Waals surface area contributed by atoms with Crippen LogP contribution in [-0.2, 0) is 15.8 Å². The maximum atomic E-state index is 12.5. The van der Waals surface area contributed by atoms with Gasteiger partial charge < -0.3 is 20.8 Å². The zero-order chi connectivity index (χ0) is 26.0. The lowest BCUT2D eigenvalue weighted by atomic mass is 10.1. The Morgan fingerprint density at radius 3 is 1.94 bits per heavy atom. The standard InChI is InChI=1S/C30H41N3O2Si/c1-30(2,3)36(26-13-7-5-8-14-26,27-15-9-6-10-16-27)35-23-24-18-20-25(21-19-24)33-29(34)28(31)17-11-12-22-32-4/h5-10,13-16,18-21,28,32H,11-12,17,22-23,31H2,1-4H3,(H,33,34)/t28-/m0/s1. The van der Waals surface area contributed by atoms with E-state index in [1.54, 1.807) is 0 Å². The van der Waals surface area contributed by atoms with Gasteiger partial charge in [-0.05, 0) is 59.5 Å². The fraction of sp³-hybridized carbons (Fsp3) is 0.367. The van der Waals surface area contributed by atoms with E-state index in [-0.39, 0.29) is 10.9 Å². The molecule has 3 aromatic rings. The first-order valence-electron chi connectivity index (χ1n) is 12.8. The van der Waals surface area contributed by atoms with E-state index in [1.165, 1.54) is 10.4 Å². The Kier molecular flexibility index (Phi) is 10.0. The molecule has 36 heavy (non-hydrogen) atoms. The third-order valence-electron chi connectivity index (χ3n) is 6.62. The topological polar surface area (TPSA) is 76.4 Å². The van der Waals surface area contributed by atoms with Crippen LogP contribution in [0.2, 0.25) is 5.04 Å². The Hall–Kier alpha value is -2.77. The number of hydrogen-bond donors (Lipinski definition) is 3. The predicted octanol–water partition coefficient (Wildman–Crippen LogP) is 4.42. The molecule has 0 saturated heterocycles. The highest BCUT2D eigenvalue weighted by atomic mass is 28.4. The van der Waals surface area contributed by atoms with Crippen LogP contribution in [0, 0.1) is 0 Å². The number of nitrogens with one attached hydrogen (secondary N) is 2. The van der Waals surface area contributed by atoms with Gasteiger partial charge in [-0.15, -0.1) is 0 Å². The van der Waals surface area contributed by atoms with Gasteiger partial charge in [0.15, 0.2) is 0 Å². The SMILES string of the molecule is CNCCCC[C@H](N)C(=O)Nc1ccc(CO[Si](c2ccccc2)(c2ccccc2)C(C)(C)C)cc1. The summed E-state index contributed by atoms with van der Waals surface area (Å²) in [7, 11) is -0.670. The molecule has 5 nitrogen and oxygen atoms in total. The van der Waals surface area contributed by atoms with Crippen molar-refractivity contribution in [3.63, 3.8) is 0 Å². The Balaban J connectivity index is 1.74. The Labute approximate surface area is 217 Å². The summed E-state index contributed by atoms with van der Waals surface area (Å²) in [5.41, 5.74) is 7.89. The summed E-state index contributed by atoms with van der Waals surface area (Å²) in [4.78, 5) is 12.5. The van der Waals surface area contributed by atoms with E-state index in [1.807, 2.05) is 31.3 Å². The van der Waals surface area contributed by atoms with E-state index in [0.717, 1.165) is 30.6 Å². The number of carbonyl (C=O) groups is 1. The minimum Gasteiger partial charge on any atom is -0.403 e. The predicted molar refractivity (Wildman–Crippen MR) is 153 cm³/mol. The Morgan fingerprint density at radius 2 is 1.44 bits per heavy atom. The quantitative estimate of drug-likeness (QED) is 0.253. The van der Waals surface area contributed by atoms with E-state index in [9.17, 15) is 4.79 Å². The molecule has 3 aromatic carbocycles. The molecule has 1 amide bonds. The van der Waals surface area contributed by atoms with Gasteiger partial charge in [-0.3, -0.25) is 4.79 Å². The van der Waals surface area contributed by atoms with Crippen LogP contribution in [0.5, 0.6) is 0 Å². The molecule has 0 aliphatic rings. The number of carbonyl (C=O) groups excluding carboxylic acids is 1. The number of unbranched alkanes of at least 4 members (excludes halogenated alkanes) is 1. The zero-order valence-electron chi connectivity index (χ0n) is 22.1. The molecular formula is C30H41N3O2Si. The number of rotatable bonds is 12. The molecular weight excluding hydrogens is 462 g/mol. The molecule has 0 aromatic heterocycles. The smallest absolute Gasteiger partial charge is 0.261 e. The minimum atomic E-state index is -2.60. The molecule has 0 unspecified atom stereocenters. The van der Waals surface area contributed by atoms with Crippen molar-refractivity contribution in [2.24, 2.45) is 5.73 Å². The van der Waals surface area contributed by atoms with Gasteiger partial charge in [0.05, 0.1) is 12.6 Å². The van der Waals surface area contributed by atoms with Gasteiger partial charge in [-0.1, -0.05) is 100.0 Å². The third kappa shape index (κ3) is 6.92. The van der Waals surface area contributed by atoms with E-state index in [4.69, 9.17) is 10.2 Å². The maximum Gasteiger partial charge on any atom is 0.261 e. The summed E-state index contributed by atoms with van der Waals surface area (Å²) >= 11 is 0. The van der Waals surface area contributed by atoms with E-state index >= 15 is 0 Å². The van der Waals surface area contributed by atoms with Crippen LogP contribution < -0.4 is 26.7 Å². The molecule has 4 N–H and O–H groups in total. The molecule has 0 saturated carbocycles. The summed E-state index contributed by atoms with van der Waals surface area (Å²) in [6.45, 7) is 8.26. The molecule has 0 radical (unpaired) electrons. The van der Waals surface area contributed by atoms with Gasteiger partial charge >= 0.3 is 0 Å². The molecule has 0 spiro atoms. The minimum absolute atomic E-state index is 0.0764. The van der Waals surface area contributed by atoms with Crippen LogP contribution in [0.4, 0.5) is 5.69 Å². The van der Waals surface area contributed by atoms with E-state index in [2.05, 4.69) is 92.1 Å². The van der Waals surface area contributed by atoms with Crippen LogP contribution >= 0.6 is 0 Å². The molecule has 0 fully saturated rings. The fourth-order valence-corrected chi connectivity index (χ4v) is 9.21. The monoisotopic (exact) mass is 503 g/mol. The summed E-state index contributed by atoms with van der Waals surface area (Å²) in [6, 6.07) is 28.7. The highest BCUT2D eigenvalue weighted by molar-refractivity contribution is 6.99. The largest absolute Gasteiger partial charge is 0.403 e. The van der Waals surface area contributed by atoms with Crippen molar-refractivity contribution in [1.29, 1.82) is 0 Å². The fourth-order valence-electron chi connectivity index (χ4n) is 4.67. The molecule has 0 aliphatic carbocycles. The average molecular weight is 504 g/mol. The van der Waals surface area contributed by atoms with Crippen LogP contribution in [0.3, 0.4) is 0 Å². The van der Waals surface area contributed by atoms with Crippen molar-refractivity contribution in [3.8, 4) is 0 Å². The molecule has 1 atom stereocenters. The lowest BCUT2D eigenvalue weighted by molar-refractivity contribution is -0.117. The second-order valence-electron chi connectivity index (χ2n) is 10.3. The van der Waals surface area contributed by atoms with Crippen LogP contribution in [0.25, 0.3) is 0 Å². The summed E-state index contributed by atoms with van der Waals surface area (Å²) < 4.78 is 7.00. The van der Waals surface area contributed by atoms with Crippen molar-refractivity contribution >= 4 is 30.3 Å². The summed E-state index contributed by atoms with van der Waals surface area (Å²) in [5, 5.41) is 8.50. The molecule has 0 aliphatic heterocycles. The summed E-state index contributed by atoms with van der Waals surface area (Å²) in [5.74, 6) is -0.143. The van der Waals surface area contributed by atoms with Gasteiger partial charge in [0.1, 0.15) is 0 Å². The third-order valence-corrected chi connectivity index (χ3v) is 11.6. The highest BCUT2D eigenvalue weighted by Gasteiger charge is 2.50. The first-order valence-corrected chi connectivity index (χ1v) is 14.7. The maximum absolute atomic E-state index is 12.5. The molecule has 0 bridgehead atoms. The van der Waals surface area contributed by atoms with Gasteiger partial charge in [0.2, 0.25) is 5.91 Å². The number of benzene rings is 3. The van der Waals surface area contributed by atoms with Crippen LogP contribution in [-0.4, -0.2) is 33.9 Å². The molecule has 3 rings (SSSR count). The lowest BCUT2D eigenvalue weighted by Gasteiger charge is -2.43. The van der Waals surface area contributed by atoms with Gasteiger partial charge in [-0.25, -0.2) is 0 Å². The number of amides is 1. The molecule has 0 heterocycles. The lowest BCUT2D eigenvalue weighted by Crippen LogP contribution is -2.66. The first-order chi connectivity index (χ1) is 17.3. The van der Waals surface area contributed by atoms with Crippen molar-refractivity contribution in [3.05, 3.63) is 90.5 Å². The van der Waals surface area contributed by atoms with Crippen LogP contribution in [0.1, 0.15) is 45.6 Å². The highest BCUT2D eigenvalue weighted by Crippen LogP contribution is 2.37. The van der Waals surface area contributed by atoms with Gasteiger partial charge in [0.25, 0.3) is 8.32 Å². The van der Waals surface area contributed by atoms with Gasteiger partial charge in [0, 0.05) is 5.69 Å². The normalized spacial score (nSPS) is 12.8. The van der Waals surface area contributed by atoms with E-state index < -0.39 is 14.4 Å². The molecule has 192 valence electrons. The average Bonchev–Trinajstić information content (AvgIpc) is 2.88. The number of anilines is 1. The Morgan fingerprint density at radius 1 is 0.889 bits per heavy atom. The second kappa shape index (κ2) is 13.0. The van der Waals surface area contributed by atoms with Gasteiger partial charge in [-0.2, -0.15) is 0 Å². The number of hydrogen-bond acceptors (Lipinski definition) is 4. The van der Waals surface area contributed by atoms with Crippen molar-refractivity contribution in [2.45, 2.75) is 57.7 Å². The number of nitrogens with two attached hydrogens (primary N) is 1. The zero-order valence-corrected chi connectivity index (χ0v) is 23.1. The van der Waals surface area contributed by atoms with E-state index in [0.29, 0.717) is 13.0 Å². The second-order valence-corrected chi connectivity index (χ2v) is 14.6. The van der Waals surface area contributed by atoms with Crippen LogP contribution in [0.15, 0.2) is 84.9 Å². The first kappa shape index (κ1) is 27.8. The van der Waals surface area contributed by atoms with Crippen molar-refractivity contribution < 1.29 is 9.22 Å². The molecule has 6 heteroatoms. The van der Waals surface area contributed by atoms with Crippen molar-refractivity contribution in [2.75, 3.05) is 18.9 Å². The Bertz CT molecular complexity index is 1030. The van der Waals surface area contributed by atoms with Crippen molar-refractivity contribution in [1.82, 2.24) is 5.32 Å².